The molecule has 8 aromatic rings. The Bertz CT molecular complexity index is 2210. The maximum Gasteiger partial charge on any atom is 0.0708 e. The number of anilines is 3. The molecule has 3 nitrogen and oxygen atoms in total. The minimum absolute atomic E-state index is 0.926. The normalized spacial score (nSPS) is 10.9. The third-order valence-electron chi connectivity index (χ3n) is 8.76. The van der Waals surface area contributed by atoms with Crippen LogP contribution in [0.1, 0.15) is 0 Å². The highest BCUT2D eigenvalue weighted by molar-refractivity contribution is 5.90. The van der Waals surface area contributed by atoms with Gasteiger partial charge in [0.1, 0.15) is 0 Å². The van der Waals surface area contributed by atoms with Gasteiger partial charge in [-0.1, -0.05) is 133 Å². The zero-order valence-corrected chi connectivity index (χ0v) is 26.9. The first-order valence-corrected chi connectivity index (χ1v) is 16.5. The van der Waals surface area contributed by atoms with Gasteiger partial charge in [-0.2, -0.15) is 0 Å². The van der Waals surface area contributed by atoms with Crippen molar-refractivity contribution in [2.75, 3.05) is 4.90 Å². The molecule has 0 aliphatic heterocycles. The fourth-order valence-corrected chi connectivity index (χ4v) is 6.36. The quantitative estimate of drug-likeness (QED) is 0.168. The van der Waals surface area contributed by atoms with Crippen molar-refractivity contribution in [3.63, 3.8) is 0 Å². The molecular formula is C46H33N3. The van der Waals surface area contributed by atoms with Crippen molar-refractivity contribution in [1.82, 2.24) is 9.97 Å². The van der Waals surface area contributed by atoms with Crippen LogP contribution >= 0.6 is 0 Å². The molecule has 2 heterocycles. The maximum atomic E-state index is 4.81. The zero-order valence-electron chi connectivity index (χ0n) is 26.9. The third kappa shape index (κ3) is 6.38. The first-order chi connectivity index (χ1) is 24.3. The molecule has 0 saturated carbocycles. The highest BCUT2D eigenvalue weighted by atomic mass is 15.1. The molecule has 49 heavy (non-hydrogen) atoms. The third-order valence-corrected chi connectivity index (χ3v) is 8.76. The van der Waals surface area contributed by atoms with Crippen molar-refractivity contribution in [2.24, 2.45) is 0 Å². The predicted molar refractivity (Wildman–Crippen MR) is 204 cm³/mol. The van der Waals surface area contributed by atoms with E-state index in [1.807, 2.05) is 24.5 Å². The summed E-state index contributed by atoms with van der Waals surface area (Å²) in [5, 5.41) is 0. The van der Waals surface area contributed by atoms with Crippen molar-refractivity contribution in [3.05, 3.63) is 200 Å². The van der Waals surface area contributed by atoms with Crippen LogP contribution in [0.4, 0.5) is 17.1 Å². The average Bonchev–Trinajstić information content (AvgIpc) is 3.20. The van der Waals surface area contributed by atoms with E-state index < -0.39 is 0 Å². The van der Waals surface area contributed by atoms with Crippen molar-refractivity contribution in [2.45, 2.75) is 0 Å². The van der Waals surface area contributed by atoms with Crippen molar-refractivity contribution in [1.29, 1.82) is 0 Å². The second-order valence-electron chi connectivity index (χ2n) is 11.9. The number of rotatable bonds is 8. The van der Waals surface area contributed by atoms with Gasteiger partial charge in [0.2, 0.25) is 0 Å². The number of benzene rings is 6. The fraction of sp³-hybridized carbons (Fsp3) is 0. The molecule has 3 heteroatoms. The summed E-state index contributed by atoms with van der Waals surface area (Å²) in [6.45, 7) is 0. The standard InChI is InChI=1S/C46H33N3/c1-4-14-34(15-5-1)37-26-28-47-44(32-37)39-20-12-22-41(30-39)49(46-25-11-10-24-43(46)36-18-8-3-9-19-36)42-23-13-21-40(31-42)45-33-38(27-29-48-45)35-16-6-2-7-17-35/h1-33H. The zero-order chi connectivity index (χ0) is 32.8. The number of para-hydroxylation sites is 1. The largest absolute Gasteiger partial charge is 0.310 e. The smallest absolute Gasteiger partial charge is 0.0708 e. The van der Waals surface area contributed by atoms with Gasteiger partial charge in [0.25, 0.3) is 0 Å². The van der Waals surface area contributed by atoms with E-state index in [2.05, 4.69) is 181 Å². The molecular weight excluding hydrogens is 595 g/mol. The summed E-state index contributed by atoms with van der Waals surface area (Å²) in [6.07, 6.45) is 3.79. The summed E-state index contributed by atoms with van der Waals surface area (Å²) >= 11 is 0. The van der Waals surface area contributed by atoms with Crippen LogP contribution < -0.4 is 4.90 Å². The molecule has 0 amide bonds. The van der Waals surface area contributed by atoms with Crippen LogP contribution in [-0.4, -0.2) is 9.97 Å². The SMILES string of the molecule is c1ccc(-c2ccnc(-c3cccc(N(c4cccc(-c5cc(-c6ccccc6)ccn5)c4)c4ccccc4-c4ccccc4)c3)c2)cc1. The molecule has 0 bridgehead atoms. The molecule has 0 saturated heterocycles. The summed E-state index contributed by atoms with van der Waals surface area (Å²) in [6, 6.07) is 65.9. The van der Waals surface area contributed by atoms with Gasteiger partial charge in [-0.3, -0.25) is 9.97 Å². The molecule has 6 aromatic carbocycles. The number of aromatic nitrogens is 2. The number of nitrogens with zero attached hydrogens (tertiary/aromatic N) is 3. The maximum absolute atomic E-state index is 4.81. The van der Waals surface area contributed by atoms with Crippen molar-refractivity contribution in [3.8, 4) is 55.9 Å². The van der Waals surface area contributed by atoms with Gasteiger partial charge in [0.15, 0.2) is 0 Å². The Balaban J connectivity index is 1.26. The van der Waals surface area contributed by atoms with Gasteiger partial charge in [-0.25, -0.2) is 0 Å². The highest BCUT2D eigenvalue weighted by Crippen LogP contribution is 2.42. The molecule has 2 aromatic heterocycles. The topological polar surface area (TPSA) is 29.0 Å². The second kappa shape index (κ2) is 13.6. The van der Waals surface area contributed by atoms with E-state index in [9.17, 15) is 0 Å². The van der Waals surface area contributed by atoms with Crippen LogP contribution in [0.15, 0.2) is 200 Å². The molecule has 8 rings (SSSR count). The minimum Gasteiger partial charge on any atom is -0.310 e. The number of hydrogen-bond acceptors (Lipinski definition) is 3. The Kier molecular flexibility index (Phi) is 8.30. The Morgan fingerprint density at radius 2 is 0.735 bits per heavy atom. The number of pyridine rings is 2. The van der Waals surface area contributed by atoms with Crippen LogP contribution in [0.2, 0.25) is 0 Å². The molecule has 232 valence electrons. The van der Waals surface area contributed by atoms with Crippen LogP contribution in [0.25, 0.3) is 55.9 Å². The molecule has 0 aliphatic rings. The highest BCUT2D eigenvalue weighted by Gasteiger charge is 2.19. The fourth-order valence-electron chi connectivity index (χ4n) is 6.36. The Morgan fingerprint density at radius 1 is 0.306 bits per heavy atom. The summed E-state index contributed by atoms with van der Waals surface area (Å²) in [7, 11) is 0. The lowest BCUT2D eigenvalue weighted by molar-refractivity contribution is 1.27. The molecule has 0 fully saturated rings. The van der Waals surface area contributed by atoms with Gasteiger partial charge in [-0.05, 0) is 82.4 Å². The molecule has 0 N–H and O–H groups in total. The predicted octanol–water partition coefficient (Wildman–Crippen LogP) is 12.3. The lowest BCUT2D eigenvalue weighted by Gasteiger charge is -2.28. The van der Waals surface area contributed by atoms with Crippen molar-refractivity contribution >= 4 is 17.1 Å². The summed E-state index contributed by atoms with van der Waals surface area (Å²) in [5.74, 6) is 0. The molecule has 0 aliphatic carbocycles. The molecule has 0 radical (unpaired) electrons. The summed E-state index contributed by atoms with van der Waals surface area (Å²) in [5.41, 5.74) is 14.0. The van der Waals surface area contributed by atoms with Gasteiger partial charge in [0.05, 0.1) is 17.1 Å². The molecule has 0 spiro atoms. The van der Waals surface area contributed by atoms with Gasteiger partial charge in [0, 0.05) is 40.5 Å². The Labute approximate surface area is 287 Å². The second-order valence-corrected chi connectivity index (χ2v) is 11.9. The average molecular weight is 628 g/mol. The van der Waals surface area contributed by atoms with Gasteiger partial charge >= 0.3 is 0 Å². The van der Waals surface area contributed by atoms with Gasteiger partial charge in [-0.15, -0.1) is 0 Å². The molecule has 0 unspecified atom stereocenters. The lowest BCUT2D eigenvalue weighted by Crippen LogP contribution is -2.11. The Morgan fingerprint density at radius 3 is 1.24 bits per heavy atom. The van der Waals surface area contributed by atoms with E-state index >= 15 is 0 Å². The summed E-state index contributed by atoms with van der Waals surface area (Å²) in [4.78, 5) is 12.0. The monoisotopic (exact) mass is 627 g/mol. The number of hydrogen-bond donors (Lipinski definition) is 0. The van der Waals surface area contributed by atoms with Crippen LogP contribution in [-0.2, 0) is 0 Å². The van der Waals surface area contributed by atoms with E-state index in [1.165, 1.54) is 11.1 Å². The molecule has 0 atom stereocenters. The summed E-state index contributed by atoms with van der Waals surface area (Å²) < 4.78 is 0. The van der Waals surface area contributed by atoms with Crippen LogP contribution in [0.3, 0.4) is 0 Å². The Hall–Kier alpha value is -6.58. The van der Waals surface area contributed by atoms with Crippen molar-refractivity contribution < 1.29 is 0 Å². The van der Waals surface area contributed by atoms with E-state index in [0.717, 1.165) is 61.8 Å². The van der Waals surface area contributed by atoms with Crippen LogP contribution in [0, 0.1) is 0 Å². The van der Waals surface area contributed by atoms with E-state index in [0.29, 0.717) is 0 Å². The van der Waals surface area contributed by atoms with Crippen LogP contribution in [0.5, 0.6) is 0 Å². The first-order valence-electron chi connectivity index (χ1n) is 16.5. The van der Waals surface area contributed by atoms with E-state index in [-0.39, 0.29) is 0 Å². The van der Waals surface area contributed by atoms with E-state index in [1.54, 1.807) is 0 Å². The first kappa shape index (κ1) is 29.8. The minimum atomic E-state index is 0.926. The lowest BCUT2D eigenvalue weighted by atomic mass is 10.00. The van der Waals surface area contributed by atoms with E-state index in [4.69, 9.17) is 9.97 Å². The van der Waals surface area contributed by atoms with Gasteiger partial charge < -0.3 is 4.90 Å².